The van der Waals surface area contributed by atoms with E-state index in [1.807, 2.05) is 50.4 Å². The third-order valence-corrected chi connectivity index (χ3v) is 2.30. The molecule has 0 radical (unpaired) electrons. The van der Waals surface area contributed by atoms with E-state index >= 15 is 0 Å². The molecule has 0 heterocycles. The van der Waals surface area contributed by atoms with Gasteiger partial charge in [0.2, 0.25) is 5.84 Å². The Morgan fingerprint density at radius 3 is 2.65 bits per heavy atom. The first kappa shape index (κ1) is 12.7. The van der Waals surface area contributed by atoms with Crippen molar-refractivity contribution in [3.05, 3.63) is 41.7 Å². The molecular formula is C13H14N4. The Bertz CT molecular complexity index is 450. The van der Waals surface area contributed by atoms with Crippen LogP contribution >= 0.6 is 0 Å². The summed E-state index contributed by atoms with van der Waals surface area (Å²) in [5.74, 6) is 0.496. The number of para-hydroxylation sites is 1. The second kappa shape index (κ2) is 6.30. The van der Waals surface area contributed by atoms with Crippen molar-refractivity contribution < 1.29 is 0 Å². The summed E-state index contributed by atoms with van der Waals surface area (Å²) < 4.78 is 0. The fourth-order valence-corrected chi connectivity index (χ4v) is 1.47. The highest BCUT2D eigenvalue weighted by molar-refractivity contribution is 6.03. The fourth-order valence-electron chi connectivity index (χ4n) is 1.47. The van der Waals surface area contributed by atoms with Crippen LogP contribution in [0.1, 0.15) is 6.92 Å². The van der Waals surface area contributed by atoms with Crippen molar-refractivity contribution >= 4 is 11.5 Å². The van der Waals surface area contributed by atoms with Gasteiger partial charge in [-0.25, -0.2) is 6.57 Å². The van der Waals surface area contributed by atoms with Crippen molar-refractivity contribution in [2.24, 2.45) is 4.99 Å². The van der Waals surface area contributed by atoms with E-state index in [1.165, 1.54) is 0 Å². The van der Waals surface area contributed by atoms with Crippen LogP contribution in [0.4, 0.5) is 5.69 Å². The molecule has 0 aliphatic rings. The van der Waals surface area contributed by atoms with E-state index < -0.39 is 6.04 Å². The first-order valence-corrected chi connectivity index (χ1v) is 5.33. The quantitative estimate of drug-likeness (QED) is 0.451. The monoisotopic (exact) mass is 226 g/mol. The minimum atomic E-state index is -0.847. The first-order chi connectivity index (χ1) is 8.24. The molecule has 86 valence electrons. The summed E-state index contributed by atoms with van der Waals surface area (Å²) in [6, 6.07) is 10.7. The molecular weight excluding hydrogens is 212 g/mol. The Labute approximate surface area is 102 Å². The van der Waals surface area contributed by atoms with E-state index in [0.29, 0.717) is 12.4 Å². The number of amidine groups is 1. The fraction of sp³-hybridized carbons (Fsp3) is 0.308. The van der Waals surface area contributed by atoms with Gasteiger partial charge in [-0.2, -0.15) is 5.26 Å². The molecule has 1 atom stereocenters. The van der Waals surface area contributed by atoms with Gasteiger partial charge >= 0.3 is 6.04 Å². The predicted molar refractivity (Wildman–Crippen MR) is 68.8 cm³/mol. The zero-order valence-corrected chi connectivity index (χ0v) is 9.96. The molecule has 1 aromatic carbocycles. The van der Waals surface area contributed by atoms with Gasteiger partial charge in [0.25, 0.3) is 0 Å². The summed E-state index contributed by atoms with van der Waals surface area (Å²) in [6.45, 7) is 9.46. The van der Waals surface area contributed by atoms with Crippen LogP contribution in [0.5, 0.6) is 0 Å². The van der Waals surface area contributed by atoms with Crippen molar-refractivity contribution in [2.45, 2.75) is 13.0 Å². The standard InChI is InChI=1S/C13H14N4/c1-4-16-13(12(10-14)15-2)17(3)11-8-6-5-7-9-11/h5-9,12H,4H2,1,3H3. The molecule has 0 bridgehead atoms. The van der Waals surface area contributed by atoms with Gasteiger partial charge in [-0.05, 0) is 19.1 Å². The van der Waals surface area contributed by atoms with E-state index in [2.05, 4.69) is 9.84 Å². The second-order valence-corrected chi connectivity index (χ2v) is 3.39. The lowest BCUT2D eigenvalue weighted by atomic mass is 10.2. The number of rotatable bonds is 3. The van der Waals surface area contributed by atoms with Crippen LogP contribution in [0, 0.1) is 17.9 Å². The van der Waals surface area contributed by atoms with Crippen molar-refractivity contribution in [1.29, 1.82) is 5.26 Å². The minimum absolute atomic E-state index is 0.496. The molecule has 0 saturated heterocycles. The van der Waals surface area contributed by atoms with Crippen molar-refractivity contribution in [3.63, 3.8) is 0 Å². The molecule has 0 aromatic heterocycles. The lowest BCUT2D eigenvalue weighted by Crippen LogP contribution is -2.34. The Morgan fingerprint density at radius 1 is 1.53 bits per heavy atom. The maximum atomic E-state index is 8.95. The molecule has 0 aliphatic carbocycles. The van der Waals surface area contributed by atoms with Crippen molar-refractivity contribution in [1.82, 2.24) is 0 Å². The van der Waals surface area contributed by atoms with Crippen LogP contribution < -0.4 is 4.90 Å². The van der Waals surface area contributed by atoms with Gasteiger partial charge in [0, 0.05) is 19.3 Å². The van der Waals surface area contributed by atoms with Crippen molar-refractivity contribution in [3.8, 4) is 6.07 Å². The van der Waals surface area contributed by atoms with Gasteiger partial charge in [0.1, 0.15) is 0 Å². The number of anilines is 1. The SMILES string of the molecule is [C-]#[N+]C(C#N)C(=NCC)N(C)c1ccccc1. The largest absolute Gasteiger partial charge is 0.363 e. The van der Waals surface area contributed by atoms with Crippen LogP contribution in [0.3, 0.4) is 0 Å². The Balaban J connectivity index is 3.06. The number of aliphatic imine (C=N–C) groups is 1. The normalized spacial score (nSPS) is 12.4. The van der Waals surface area contributed by atoms with Gasteiger partial charge in [-0.1, -0.05) is 18.2 Å². The van der Waals surface area contributed by atoms with Gasteiger partial charge in [0.05, 0.1) is 0 Å². The Kier molecular flexibility index (Phi) is 4.72. The summed E-state index contributed by atoms with van der Waals surface area (Å²) >= 11 is 0. The molecule has 0 spiro atoms. The number of nitrogens with zero attached hydrogens (tertiary/aromatic N) is 4. The topological polar surface area (TPSA) is 43.8 Å². The maximum absolute atomic E-state index is 8.95. The van der Waals surface area contributed by atoms with E-state index in [9.17, 15) is 0 Å². The Hall–Kier alpha value is -2.33. The zero-order chi connectivity index (χ0) is 12.7. The summed E-state index contributed by atoms with van der Waals surface area (Å²) in [6.07, 6.45) is 0. The van der Waals surface area contributed by atoms with E-state index in [1.54, 1.807) is 4.90 Å². The molecule has 17 heavy (non-hydrogen) atoms. The summed E-state index contributed by atoms with van der Waals surface area (Å²) in [4.78, 5) is 9.32. The molecule has 0 aliphatic heterocycles. The smallest absolute Gasteiger partial charge is 0.326 e. The third kappa shape index (κ3) is 3.06. The summed E-state index contributed by atoms with van der Waals surface area (Å²) in [5, 5.41) is 8.95. The molecule has 4 nitrogen and oxygen atoms in total. The lowest BCUT2D eigenvalue weighted by molar-refractivity contribution is 1.06. The highest BCUT2D eigenvalue weighted by atomic mass is 15.2. The van der Waals surface area contributed by atoms with Crippen LogP contribution in [0.15, 0.2) is 35.3 Å². The van der Waals surface area contributed by atoms with E-state index in [0.717, 1.165) is 5.69 Å². The van der Waals surface area contributed by atoms with Crippen LogP contribution in [0.25, 0.3) is 4.85 Å². The summed E-state index contributed by atoms with van der Waals surface area (Å²) in [7, 11) is 1.82. The number of nitriles is 1. The number of benzene rings is 1. The molecule has 4 heteroatoms. The maximum Gasteiger partial charge on any atom is 0.363 e. The van der Waals surface area contributed by atoms with Gasteiger partial charge < -0.3 is 4.90 Å². The third-order valence-electron chi connectivity index (χ3n) is 2.30. The van der Waals surface area contributed by atoms with Crippen LogP contribution in [0.2, 0.25) is 0 Å². The highest BCUT2D eigenvalue weighted by Gasteiger charge is 2.24. The Morgan fingerprint density at radius 2 is 2.18 bits per heavy atom. The average molecular weight is 226 g/mol. The summed E-state index contributed by atoms with van der Waals surface area (Å²) in [5.41, 5.74) is 0.920. The molecule has 1 unspecified atom stereocenters. The van der Waals surface area contributed by atoms with E-state index in [-0.39, 0.29) is 0 Å². The second-order valence-electron chi connectivity index (χ2n) is 3.39. The molecule has 0 amide bonds. The minimum Gasteiger partial charge on any atom is -0.326 e. The average Bonchev–Trinajstić information content (AvgIpc) is 2.39. The number of hydrogen-bond donors (Lipinski definition) is 0. The van der Waals surface area contributed by atoms with Crippen LogP contribution in [-0.4, -0.2) is 25.5 Å². The van der Waals surface area contributed by atoms with Crippen LogP contribution in [-0.2, 0) is 0 Å². The van der Waals surface area contributed by atoms with Gasteiger partial charge in [0.15, 0.2) is 6.07 Å². The molecule has 0 fully saturated rings. The number of hydrogen-bond acceptors (Lipinski definition) is 2. The zero-order valence-electron chi connectivity index (χ0n) is 9.96. The number of likely N-dealkylation sites (N-methyl/N-ethyl adjacent to an activating group) is 1. The van der Waals surface area contributed by atoms with E-state index in [4.69, 9.17) is 11.8 Å². The van der Waals surface area contributed by atoms with Gasteiger partial charge in [-0.15, -0.1) is 0 Å². The molecule has 0 N–H and O–H groups in total. The molecule has 0 saturated carbocycles. The predicted octanol–water partition coefficient (Wildman–Crippen LogP) is 2.35. The molecule has 1 rings (SSSR count). The highest BCUT2D eigenvalue weighted by Crippen LogP contribution is 2.14. The van der Waals surface area contributed by atoms with Crippen molar-refractivity contribution in [2.75, 3.05) is 18.5 Å². The lowest BCUT2D eigenvalue weighted by Gasteiger charge is -2.19. The first-order valence-electron chi connectivity index (χ1n) is 5.33. The molecule has 1 aromatic rings. The van der Waals surface area contributed by atoms with Gasteiger partial charge in [-0.3, -0.25) is 9.84 Å².